The second-order valence-corrected chi connectivity index (χ2v) is 5.32. The molecule has 0 saturated carbocycles. The molecule has 110 valence electrons. The zero-order valence-electron chi connectivity index (χ0n) is 12.6. The Balaban J connectivity index is 2.33. The second-order valence-electron chi connectivity index (χ2n) is 4.95. The van der Waals surface area contributed by atoms with E-state index in [1.54, 1.807) is 0 Å². The van der Waals surface area contributed by atoms with Gasteiger partial charge < -0.3 is 9.47 Å². The quantitative estimate of drug-likeness (QED) is 0.736. The van der Waals surface area contributed by atoms with Gasteiger partial charge in [0.05, 0.1) is 0 Å². The molecule has 0 amide bonds. The summed E-state index contributed by atoms with van der Waals surface area (Å²) >= 11 is 5.91. The zero-order valence-corrected chi connectivity index (χ0v) is 13.3. The van der Waals surface area contributed by atoms with E-state index in [-0.39, 0.29) is 0 Å². The van der Waals surface area contributed by atoms with Gasteiger partial charge in [-0.3, -0.25) is 0 Å². The second kappa shape index (κ2) is 7.04. The molecule has 0 bridgehead atoms. The lowest BCUT2D eigenvalue weighted by Crippen LogP contribution is -2.27. The summed E-state index contributed by atoms with van der Waals surface area (Å²) in [7, 11) is 0. The van der Waals surface area contributed by atoms with E-state index in [0.717, 1.165) is 49.6 Å². The van der Waals surface area contributed by atoms with E-state index in [0.29, 0.717) is 5.88 Å². The number of imidazole rings is 1. The van der Waals surface area contributed by atoms with Crippen molar-refractivity contribution >= 4 is 22.8 Å². The van der Waals surface area contributed by atoms with Gasteiger partial charge >= 0.3 is 0 Å². The minimum atomic E-state index is 0.591. The molecule has 2 aromatic rings. The summed E-state index contributed by atoms with van der Waals surface area (Å²) in [5.41, 5.74) is 3.16. The van der Waals surface area contributed by atoms with Gasteiger partial charge in [0.25, 0.3) is 0 Å². The van der Waals surface area contributed by atoms with Crippen LogP contribution in [-0.2, 0) is 13.0 Å². The van der Waals surface area contributed by atoms with Gasteiger partial charge in [0.1, 0.15) is 11.3 Å². The number of hydrogen-bond donors (Lipinski definition) is 0. The Morgan fingerprint density at radius 3 is 2.70 bits per heavy atom. The van der Waals surface area contributed by atoms with Gasteiger partial charge in [-0.05, 0) is 31.6 Å². The molecule has 0 spiro atoms. The molecule has 0 N–H and O–H groups in total. The fourth-order valence-electron chi connectivity index (χ4n) is 2.48. The van der Waals surface area contributed by atoms with Crippen LogP contribution in [0.2, 0.25) is 0 Å². The van der Waals surface area contributed by atoms with E-state index in [1.807, 2.05) is 12.3 Å². The molecule has 0 aliphatic carbocycles. The molecule has 0 aromatic carbocycles. The summed E-state index contributed by atoms with van der Waals surface area (Å²) in [5.74, 6) is 1.64. The summed E-state index contributed by atoms with van der Waals surface area (Å²) < 4.78 is 2.23. The lowest BCUT2D eigenvalue weighted by Gasteiger charge is -2.19. The van der Waals surface area contributed by atoms with E-state index in [4.69, 9.17) is 16.6 Å². The van der Waals surface area contributed by atoms with E-state index < -0.39 is 0 Å². The molecule has 0 radical (unpaired) electrons. The highest BCUT2D eigenvalue weighted by Crippen LogP contribution is 2.18. The Kier molecular flexibility index (Phi) is 5.38. The van der Waals surface area contributed by atoms with E-state index in [1.165, 1.54) is 5.56 Å². The highest BCUT2D eigenvalue weighted by molar-refractivity contribution is 6.17. The predicted molar refractivity (Wildman–Crippen MR) is 84.5 cm³/mol. The summed E-state index contributed by atoms with van der Waals surface area (Å²) in [5, 5.41) is 0. The van der Waals surface area contributed by atoms with Gasteiger partial charge in [0, 0.05) is 31.6 Å². The van der Waals surface area contributed by atoms with Crippen LogP contribution in [0.25, 0.3) is 11.2 Å². The first-order valence-corrected chi connectivity index (χ1v) is 7.83. The van der Waals surface area contributed by atoms with Crippen molar-refractivity contribution in [1.29, 1.82) is 0 Å². The molecular formula is C15H23ClN4. The average Bonchev–Trinajstić information content (AvgIpc) is 2.80. The Hall–Kier alpha value is -1.13. The van der Waals surface area contributed by atoms with Crippen LogP contribution in [-0.4, -0.2) is 44.9 Å². The predicted octanol–water partition coefficient (Wildman–Crippen LogP) is 2.86. The topological polar surface area (TPSA) is 34.0 Å². The molecule has 4 nitrogen and oxygen atoms in total. The van der Waals surface area contributed by atoms with E-state index in [2.05, 4.69) is 35.2 Å². The van der Waals surface area contributed by atoms with Crippen molar-refractivity contribution in [3.8, 4) is 0 Å². The first kappa shape index (κ1) is 15.3. The maximum atomic E-state index is 5.91. The van der Waals surface area contributed by atoms with Crippen LogP contribution in [0.15, 0.2) is 12.3 Å². The number of fused-ring (bicyclic) bond motifs is 1. The molecule has 5 heteroatoms. The van der Waals surface area contributed by atoms with Gasteiger partial charge in [-0.1, -0.05) is 13.8 Å². The molecule has 0 saturated heterocycles. The van der Waals surface area contributed by atoms with Gasteiger partial charge in [0.15, 0.2) is 5.65 Å². The number of alkyl halides is 1. The standard InChI is InChI=1S/C15H23ClN4/c1-4-19(5-2)10-11-20-13(6-8-16)18-14-12(3)7-9-17-15(14)20/h7,9H,4-6,8,10-11H2,1-3H3. The lowest BCUT2D eigenvalue weighted by molar-refractivity contribution is 0.290. The number of hydrogen-bond acceptors (Lipinski definition) is 3. The maximum absolute atomic E-state index is 5.91. The lowest BCUT2D eigenvalue weighted by atomic mass is 10.3. The highest BCUT2D eigenvalue weighted by atomic mass is 35.5. The summed E-state index contributed by atoms with van der Waals surface area (Å²) in [6.45, 7) is 10.5. The Morgan fingerprint density at radius 1 is 1.30 bits per heavy atom. The Morgan fingerprint density at radius 2 is 2.05 bits per heavy atom. The van der Waals surface area contributed by atoms with Gasteiger partial charge in [-0.15, -0.1) is 11.6 Å². The van der Waals surface area contributed by atoms with Crippen molar-refractivity contribution in [3.05, 3.63) is 23.7 Å². The SMILES string of the molecule is CCN(CC)CCn1c(CCCl)nc2c(C)ccnc21. The molecule has 0 unspecified atom stereocenters. The van der Waals surface area contributed by atoms with Gasteiger partial charge in [0.2, 0.25) is 0 Å². The minimum Gasteiger partial charge on any atom is -0.311 e. The van der Waals surface area contributed by atoms with Gasteiger partial charge in [-0.25, -0.2) is 9.97 Å². The summed E-state index contributed by atoms with van der Waals surface area (Å²) in [6.07, 6.45) is 2.65. The number of pyridine rings is 1. The smallest absolute Gasteiger partial charge is 0.160 e. The first-order chi connectivity index (χ1) is 9.71. The van der Waals surface area contributed by atoms with Crippen LogP contribution in [0.3, 0.4) is 0 Å². The maximum Gasteiger partial charge on any atom is 0.160 e. The molecule has 2 rings (SSSR count). The van der Waals surface area contributed by atoms with Crippen molar-refractivity contribution < 1.29 is 0 Å². The molecule has 0 aliphatic rings. The fraction of sp³-hybridized carbons (Fsp3) is 0.600. The molecular weight excluding hydrogens is 272 g/mol. The number of halogens is 1. The van der Waals surface area contributed by atoms with Gasteiger partial charge in [-0.2, -0.15) is 0 Å². The van der Waals surface area contributed by atoms with Crippen molar-refractivity contribution in [2.24, 2.45) is 0 Å². The monoisotopic (exact) mass is 294 g/mol. The number of rotatable bonds is 7. The molecule has 0 atom stereocenters. The van der Waals surface area contributed by atoms with E-state index in [9.17, 15) is 0 Å². The van der Waals surface area contributed by atoms with Crippen molar-refractivity contribution in [1.82, 2.24) is 19.4 Å². The van der Waals surface area contributed by atoms with Crippen molar-refractivity contribution in [2.75, 3.05) is 25.5 Å². The Labute approximate surface area is 125 Å². The van der Waals surface area contributed by atoms with Crippen LogP contribution in [0.1, 0.15) is 25.2 Å². The van der Waals surface area contributed by atoms with E-state index >= 15 is 0 Å². The fourth-order valence-corrected chi connectivity index (χ4v) is 2.64. The number of likely N-dealkylation sites (N-methyl/N-ethyl adjacent to an activating group) is 1. The van der Waals surface area contributed by atoms with Crippen LogP contribution < -0.4 is 0 Å². The minimum absolute atomic E-state index is 0.591. The largest absolute Gasteiger partial charge is 0.311 e. The first-order valence-electron chi connectivity index (χ1n) is 7.30. The highest BCUT2D eigenvalue weighted by Gasteiger charge is 2.13. The molecule has 2 aromatic heterocycles. The summed E-state index contributed by atoms with van der Waals surface area (Å²) in [6, 6.07) is 2.01. The third kappa shape index (κ3) is 3.13. The van der Waals surface area contributed by atoms with Crippen LogP contribution >= 0.6 is 11.6 Å². The molecule has 2 heterocycles. The molecule has 0 aliphatic heterocycles. The number of aromatic nitrogens is 3. The van der Waals surface area contributed by atoms with Crippen LogP contribution in [0.4, 0.5) is 0 Å². The van der Waals surface area contributed by atoms with Crippen LogP contribution in [0.5, 0.6) is 0 Å². The van der Waals surface area contributed by atoms with Crippen molar-refractivity contribution in [2.45, 2.75) is 33.7 Å². The molecule has 20 heavy (non-hydrogen) atoms. The Bertz CT molecular complexity index is 560. The zero-order chi connectivity index (χ0) is 14.5. The molecule has 0 fully saturated rings. The third-order valence-corrected chi connectivity index (χ3v) is 3.96. The van der Waals surface area contributed by atoms with Crippen molar-refractivity contribution in [3.63, 3.8) is 0 Å². The van der Waals surface area contributed by atoms with Crippen LogP contribution in [0, 0.1) is 6.92 Å². The third-order valence-electron chi connectivity index (χ3n) is 3.77. The number of aryl methyl sites for hydroxylation is 2. The number of nitrogens with zero attached hydrogens (tertiary/aromatic N) is 4. The summed E-state index contributed by atoms with van der Waals surface area (Å²) in [4.78, 5) is 11.7. The normalized spacial score (nSPS) is 11.7. The average molecular weight is 295 g/mol.